The largest absolute Gasteiger partial charge is 0.465 e. The lowest BCUT2D eigenvalue weighted by atomic mass is 9.32. The zero-order valence-electron chi connectivity index (χ0n) is 24.0. The van der Waals surface area contributed by atoms with Crippen molar-refractivity contribution in [2.45, 2.75) is 111 Å². The molecule has 5 nitrogen and oxygen atoms in total. The highest BCUT2D eigenvalue weighted by atomic mass is 16.6. The molecule has 37 heavy (non-hydrogen) atoms. The molecule has 0 aromatic rings. The molecule has 5 saturated carbocycles. The van der Waals surface area contributed by atoms with Crippen LogP contribution in [0.5, 0.6) is 0 Å². The summed E-state index contributed by atoms with van der Waals surface area (Å²) in [5, 5.41) is 0. The highest BCUT2D eigenvalue weighted by molar-refractivity contribution is 5.99. The maximum Gasteiger partial charge on any atom is 0.302 e. The molecule has 0 bridgehead atoms. The molecule has 6 unspecified atom stereocenters. The van der Waals surface area contributed by atoms with Gasteiger partial charge in [0.15, 0.2) is 0 Å². The second kappa shape index (κ2) is 7.92. The number of ketones is 1. The van der Waals surface area contributed by atoms with E-state index in [1.54, 1.807) is 6.92 Å². The van der Waals surface area contributed by atoms with E-state index in [0.29, 0.717) is 36.7 Å². The van der Waals surface area contributed by atoms with Crippen LogP contribution in [0.15, 0.2) is 0 Å². The van der Waals surface area contributed by atoms with Crippen molar-refractivity contribution in [3.05, 3.63) is 0 Å². The van der Waals surface area contributed by atoms with Crippen molar-refractivity contribution in [3.63, 3.8) is 0 Å². The van der Waals surface area contributed by atoms with Crippen LogP contribution >= 0.6 is 0 Å². The van der Waals surface area contributed by atoms with E-state index in [1.807, 2.05) is 6.92 Å². The van der Waals surface area contributed by atoms with Gasteiger partial charge in [-0.3, -0.25) is 9.59 Å². The van der Waals surface area contributed by atoms with Gasteiger partial charge in [0.2, 0.25) is 0 Å². The molecule has 6 aliphatic rings. The van der Waals surface area contributed by atoms with Gasteiger partial charge in [0.25, 0.3) is 0 Å². The number of ether oxygens (including phenoxy) is 2. The summed E-state index contributed by atoms with van der Waals surface area (Å²) in [6.07, 6.45) is 11.5. The van der Waals surface area contributed by atoms with Gasteiger partial charge in [-0.1, -0.05) is 20.8 Å². The molecule has 0 amide bonds. The van der Waals surface area contributed by atoms with Gasteiger partial charge in [-0.2, -0.15) is 0 Å². The van der Waals surface area contributed by atoms with Crippen LogP contribution in [0, 0.1) is 56.7 Å². The summed E-state index contributed by atoms with van der Waals surface area (Å²) < 4.78 is 11.9. The number of hydrogen-bond donors (Lipinski definition) is 0. The molecule has 6 rings (SSSR count). The number of esters is 1. The van der Waals surface area contributed by atoms with E-state index in [-0.39, 0.29) is 44.9 Å². The maximum absolute atomic E-state index is 13.0. The summed E-state index contributed by atoms with van der Waals surface area (Å²) in [6.45, 7) is 14.8. The lowest BCUT2D eigenvalue weighted by Gasteiger charge is -2.72. The molecule has 5 aliphatic carbocycles. The Morgan fingerprint density at radius 3 is 2.30 bits per heavy atom. The third-order valence-electron chi connectivity index (χ3n) is 14.3. The normalized spacial score (nSPS) is 56.4. The molecule has 0 spiro atoms. The minimum atomic E-state index is -0.827. The predicted octanol–water partition coefficient (Wildman–Crippen LogP) is 6.17. The van der Waals surface area contributed by atoms with Gasteiger partial charge in [0.1, 0.15) is 12.1 Å². The lowest BCUT2D eigenvalue weighted by Crippen LogP contribution is -2.67. The molecule has 11 atom stereocenters. The van der Waals surface area contributed by atoms with Crippen LogP contribution in [-0.2, 0) is 23.9 Å². The number of fused-ring (bicyclic) bond motifs is 7. The molecular formula is C32H48O5. The van der Waals surface area contributed by atoms with Crippen LogP contribution in [-0.4, -0.2) is 36.9 Å². The minimum Gasteiger partial charge on any atom is -0.465 e. The van der Waals surface area contributed by atoms with Crippen molar-refractivity contribution in [2.24, 2.45) is 56.7 Å². The first-order chi connectivity index (χ1) is 17.3. The van der Waals surface area contributed by atoms with Crippen molar-refractivity contribution in [1.29, 1.82) is 0 Å². The van der Waals surface area contributed by atoms with Crippen LogP contribution < -0.4 is 0 Å². The standard InChI is InChI=1S/C32H48O5/c1-20(34)36-19-32-14-9-22(31(6)18-37-31)26(32)21-7-8-24-27(2)12-11-25(35)28(3,17-33)23(27)10-13-30(24,5)29(21,4)15-16-32/h17,21-24,26H,7-16,18-19H2,1-6H3/t21?,22?,23?,24?,26?,27-,28-,29+,30+,31?,32+/m0/s1. The first kappa shape index (κ1) is 26.0. The summed E-state index contributed by atoms with van der Waals surface area (Å²) in [5.74, 6) is 2.33. The second-order valence-electron chi connectivity index (χ2n) is 15.4. The summed E-state index contributed by atoms with van der Waals surface area (Å²) in [4.78, 5) is 37.3. The van der Waals surface area contributed by atoms with Gasteiger partial charge in [-0.05, 0) is 117 Å². The van der Waals surface area contributed by atoms with Crippen LogP contribution in [0.25, 0.3) is 0 Å². The van der Waals surface area contributed by atoms with Crippen molar-refractivity contribution in [2.75, 3.05) is 13.2 Å². The Morgan fingerprint density at radius 1 is 0.919 bits per heavy atom. The topological polar surface area (TPSA) is 73.0 Å². The number of aldehydes is 1. The van der Waals surface area contributed by atoms with Crippen molar-refractivity contribution in [3.8, 4) is 0 Å². The van der Waals surface area contributed by atoms with Gasteiger partial charge >= 0.3 is 5.97 Å². The number of rotatable bonds is 4. The molecule has 1 saturated heterocycles. The Kier molecular flexibility index (Phi) is 5.57. The highest BCUT2D eigenvalue weighted by Gasteiger charge is 2.73. The zero-order valence-corrected chi connectivity index (χ0v) is 24.0. The second-order valence-corrected chi connectivity index (χ2v) is 15.4. The molecule has 0 aromatic carbocycles. The Hall–Kier alpha value is -1.23. The zero-order chi connectivity index (χ0) is 26.6. The Morgan fingerprint density at radius 2 is 1.65 bits per heavy atom. The smallest absolute Gasteiger partial charge is 0.302 e. The minimum absolute atomic E-state index is 0.0161. The molecule has 1 aliphatic heterocycles. The summed E-state index contributed by atoms with van der Waals surface area (Å²) in [6, 6.07) is 0. The van der Waals surface area contributed by atoms with Gasteiger partial charge < -0.3 is 14.3 Å². The van der Waals surface area contributed by atoms with Gasteiger partial charge in [-0.25, -0.2) is 0 Å². The Labute approximate surface area is 223 Å². The highest BCUT2D eigenvalue weighted by Crippen LogP contribution is 2.77. The molecular weight excluding hydrogens is 464 g/mol. The van der Waals surface area contributed by atoms with Gasteiger partial charge in [0.05, 0.1) is 24.2 Å². The van der Waals surface area contributed by atoms with Crippen molar-refractivity contribution < 1.29 is 23.9 Å². The third kappa shape index (κ3) is 3.21. The Balaban J connectivity index is 1.38. The first-order valence-corrected chi connectivity index (χ1v) is 15.1. The maximum atomic E-state index is 13.0. The fourth-order valence-corrected chi connectivity index (χ4v) is 11.9. The van der Waals surface area contributed by atoms with E-state index in [0.717, 1.165) is 45.0 Å². The van der Waals surface area contributed by atoms with Gasteiger partial charge in [-0.15, -0.1) is 0 Å². The molecule has 5 heteroatoms. The van der Waals surface area contributed by atoms with E-state index in [1.165, 1.54) is 25.7 Å². The molecule has 1 heterocycles. The van der Waals surface area contributed by atoms with E-state index in [9.17, 15) is 14.4 Å². The summed E-state index contributed by atoms with van der Waals surface area (Å²) in [7, 11) is 0. The fourth-order valence-electron chi connectivity index (χ4n) is 11.9. The fraction of sp³-hybridized carbons (Fsp3) is 0.906. The number of carbonyl (C=O) groups excluding carboxylic acids is 3. The SMILES string of the molecule is CC(=O)OC[C@]12CCC(C3(C)CO3)C1C1CCC3[C@@]4(C)CCC(=O)[C@@](C)(C=O)C4CC[C@@]3(C)[C@]1(C)CC2. The average Bonchev–Trinajstić information content (AvgIpc) is 3.47. The average molecular weight is 513 g/mol. The number of epoxide rings is 1. The molecule has 206 valence electrons. The summed E-state index contributed by atoms with van der Waals surface area (Å²) >= 11 is 0. The van der Waals surface area contributed by atoms with Crippen LogP contribution in [0.1, 0.15) is 106 Å². The Bertz CT molecular complexity index is 1020. The predicted molar refractivity (Wildman–Crippen MR) is 141 cm³/mol. The van der Waals surface area contributed by atoms with Crippen LogP contribution in [0.3, 0.4) is 0 Å². The van der Waals surface area contributed by atoms with Gasteiger partial charge in [0, 0.05) is 18.8 Å². The molecule has 6 fully saturated rings. The molecule has 0 radical (unpaired) electrons. The van der Waals surface area contributed by atoms with Crippen molar-refractivity contribution in [1.82, 2.24) is 0 Å². The number of carbonyl (C=O) groups is 3. The third-order valence-corrected chi connectivity index (χ3v) is 14.3. The van der Waals surface area contributed by atoms with E-state index in [2.05, 4.69) is 27.7 Å². The first-order valence-electron chi connectivity index (χ1n) is 15.1. The van der Waals surface area contributed by atoms with E-state index >= 15 is 0 Å². The van der Waals surface area contributed by atoms with Crippen LogP contribution in [0.4, 0.5) is 0 Å². The van der Waals surface area contributed by atoms with Crippen LogP contribution in [0.2, 0.25) is 0 Å². The summed E-state index contributed by atoms with van der Waals surface area (Å²) in [5.41, 5.74) is -0.368. The molecule has 0 N–H and O–H groups in total. The molecule has 0 aromatic heterocycles. The quantitative estimate of drug-likeness (QED) is 0.195. The lowest BCUT2D eigenvalue weighted by molar-refractivity contribution is -0.238. The number of Topliss-reactive ketones (excluding diaryl/α,β-unsaturated/α-hetero) is 1. The van der Waals surface area contributed by atoms with Crippen molar-refractivity contribution >= 4 is 18.0 Å². The van der Waals surface area contributed by atoms with E-state index < -0.39 is 5.41 Å². The monoisotopic (exact) mass is 512 g/mol. The van der Waals surface area contributed by atoms with E-state index in [4.69, 9.17) is 9.47 Å². The number of hydrogen-bond acceptors (Lipinski definition) is 5.